The summed E-state index contributed by atoms with van der Waals surface area (Å²) in [5, 5.41) is 11.6. The molecule has 0 spiro atoms. The molecular formula is C12H23N3O5S. The number of aliphatic carboxylic acids is 1. The summed E-state index contributed by atoms with van der Waals surface area (Å²) in [6.45, 7) is 4.12. The summed E-state index contributed by atoms with van der Waals surface area (Å²) in [6, 6.07) is -0.371. The number of rotatable bonds is 5. The van der Waals surface area contributed by atoms with E-state index in [1.54, 1.807) is 13.8 Å². The number of carbonyl (C=O) groups is 2. The minimum absolute atomic E-state index is 0.118. The summed E-state index contributed by atoms with van der Waals surface area (Å²) in [5.74, 6) is -1.43. The summed E-state index contributed by atoms with van der Waals surface area (Å²) < 4.78 is 24.8. The third-order valence-electron chi connectivity index (χ3n) is 3.20. The van der Waals surface area contributed by atoms with Gasteiger partial charge < -0.3 is 15.3 Å². The molecule has 0 aromatic rings. The molecule has 8 nitrogen and oxygen atoms in total. The SMILES string of the molecule is CC(C)(CNC(=O)N1CCCC(C(=O)O)C1)NS(C)(=O)=O. The molecule has 1 fully saturated rings. The van der Waals surface area contributed by atoms with Gasteiger partial charge in [0.2, 0.25) is 10.0 Å². The zero-order chi connectivity index (χ0) is 16.3. The van der Waals surface area contributed by atoms with Gasteiger partial charge in [0.05, 0.1) is 12.2 Å². The van der Waals surface area contributed by atoms with Gasteiger partial charge in [0.1, 0.15) is 0 Å². The van der Waals surface area contributed by atoms with Crippen molar-refractivity contribution in [1.82, 2.24) is 14.9 Å². The third-order valence-corrected chi connectivity index (χ3v) is 4.12. The summed E-state index contributed by atoms with van der Waals surface area (Å²) >= 11 is 0. The Morgan fingerprint density at radius 2 is 2.00 bits per heavy atom. The van der Waals surface area contributed by atoms with Gasteiger partial charge in [0.15, 0.2) is 0 Å². The molecule has 0 radical (unpaired) electrons. The topological polar surface area (TPSA) is 116 Å². The molecule has 1 unspecified atom stereocenters. The van der Waals surface area contributed by atoms with Crippen molar-refractivity contribution in [3.63, 3.8) is 0 Å². The second kappa shape index (κ2) is 6.61. The highest BCUT2D eigenvalue weighted by Gasteiger charge is 2.29. The predicted molar refractivity (Wildman–Crippen MR) is 77.4 cm³/mol. The fourth-order valence-corrected chi connectivity index (χ4v) is 3.39. The lowest BCUT2D eigenvalue weighted by atomic mass is 9.99. The van der Waals surface area contributed by atoms with Crippen LogP contribution >= 0.6 is 0 Å². The van der Waals surface area contributed by atoms with E-state index in [1.165, 1.54) is 4.90 Å². The van der Waals surface area contributed by atoms with Crippen LogP contribution < -0.4 is 10.0 Å². The number of amides is 2. The molecule has 21 heavy (non-hydrogen) atoms. The Kier molecular flexibility index (Phi) is 5.57. The molecule has 1 heterocycles. The molecule has 1 saturated heterocycles. The van der Waals surface area contributed by atoms with Gasteiger partial charge >= 0.3 is 12.0 Å². The van der Waals surface area contributed by atoms with Gasteiger partial charge in [0, 0.05) is 25.2 Å². The molecule has 0 aliphatic carbocycles. The third kappa shape index (κ3) is 6.30. The molecule has 1 atom stereocenters. The van der Waals surface area contributed by atoms with Crippen LogP contribution in [0.5, 0.6) is 0 Å². The van der Waals surface area contributed by atoms with Gasteiger partial charge in [-0.05, 0) is 26.7 Å². The second-order valence-corrected chi connectivity index (χ2v) is 7.79. The van der Waals surface area contributed by atoms with Crippen molar-refractivity contribution in [2.75, 3.05) is 25.9 Å². The zero-order valence-corrected chi connectivity index (χ0v) is 13.4. The zero-order valence-electron chi connectivity index (χ0n) is 12.5. The Morgan fingerprint density at radius 3 is 2.52 bits per heavy atom. The quantitative estimate of drug-likeness (QED) is 0.649. The van der Waals surface area contributed by atoms with Crippen molar-refractivity contribution < 1.29 is 23.1 Å². The number of urea groups is 1. The molecular weight excluding hydrogens is 298 g/mol. The van der Waals surface area contributed by atoms with E-state index >= 15 is 0 Å². The van der Waals surface area contributed by atoms with Gasteiger partial charge in [-0.25, -0.2) is 17.9 Å². The van der Waals surface area contributed by atoms with E-state index in [-0.39, 0.29) is 19.1 Å². The maximum absolute atomic E-state index is 12.0. The van der Waals surface area contributed by atoms with Crippen LogP contribution in [-0.4, -0.2) is 61.9 Å². The van der Waals surface area contributed by atoms with Crippen molar-refractivity contribution in [3.8, 4) is 0 Å². The lowest BCUT2D eigenvalue weighted by Crippen LogP contribution is -2.54. The van der Waals surface area contributed by atoms with Crippen molar-refractivity contribution in [2.45, 2.75) is 32.2 Å². The molecule has 1 aliphatic heterocycles. The lowest BCUT2D eigenvalue weighted by molar-refractivity contribution is -0.143. The van der Waals surface area contributed by atoms with Crippen LogP contribution in [0.2, 0.25) is 0 Å². The largest absolute Gasteiger partial charge is 0.481 e. The van der Waals surface area contributed by atoms with Crippen LogP contribution in [0.4, 0.5) is 4.79 Å². The first-order valence-electron chi connectivity index (χ1n) is 6.75. The van der Waals surface area contributed by atoms with Crippen LogP contribution in [0.1, 0.15) is 26.7 Å². The first-order valence-corrected chi connectivity index (χ1v) is 8.64. The number of sulfonamides is 1. The maximum atomic E-state index is 12.0. The van der Waals surface area contributed by atoms with Gasteiger partial charge in [-0.3, -0.25) is 4.79 Å². The number of hydrogen-bond donors (Lipinski definition) is 3. The minimum atomic E-state index is -3.37. The van der Waals surface area contributed by atoms with Crippen molar-refractivity contribution in [2.24, 2.45) is 5.92 Å². The van der Waals surface area contributed by atoms with E-state index < -0.39 is 27.4 Å². The molecule has 3 N–H and O–H groups in total. The van der Waals surface area contributed by atoms with Crippen molar-refractivity contribution in [1.29, 1.82) is 0 Å². The van der Waals surface area contributed by atoms with E-state index in [2.05, 4.69) is 10.0 Å². The summed E-state index contributed by atoms with van der Waals surface area (Å²) in [6.07, 6.45) is 2.27. The van der Waals surface area contributed by atoms with Gasteiger partial charge in [-0.2, -0.15) is 0 Å². The molecule has 0 aromatic carbocycles. The maximum Gasteiger partial charge on any atom is 0.317 e. The molecule has 0 aromatic heterocycles. The smallest absolute Gasteiger partial charge is 0.317 e. The van der Waals surface area contributed by atoms with E-state index in [0.717, 1.165) is 6.26 Å². The van der Waals surface area contributed by atoms with E-state index in [1.807, 2.05) is 0 Å². The van der Waals surface area contributed by atoms with Gasteiger partial charge in [0.25, 0.3) is 0 Å². The number of nitrogens with zero attached hydrogens (tertiary/aromatic N) is 1. The fourth-order valence-electron chi connectivity index (χ4n) is 2.31. The van der Waals surface area contributed by atoms with E-state index in [4.69, 9.17) is 5.11 Å². The molecule has 122 valence electrons. The molecule has 2 amide bonds. The number of carboxylic acids is 1. The average Bonchev–Trinajstić information content (AvgIpc) is 2.33. The number of piperidine rings is 1. The highest BCUT2D eigenvalue weighted by Crippen LogP contribution is 2.16. The number of hydrogen-bond acceptors (Lipinski definition) is 4. The van der Waals surface area contributed by atoms with Crippen molar-refractivity contribution >= 4 is 22.0 Å². The number of likely N-dealkylation sites (tertiary alicyclic amines) is 1. The Labute approximate surface area is 124 Å². The lowest BCUT2D eigenvalue weighted by Gasteiger charge is -2.32. The number of carbonyl (C=O) groups excluding carboxylic acids is 1. The highest BCUT2D eigenvalue weighted by atomic mass is 32.2. The molecule has 1 aliphatic rings. The Hall–Kier alpha value is -1.35. The minimum Gasteiger partial charge on any atom is -0.481 e. The van der Waals surface area contributed by atoms with Crippen LogP contribution in [-0.2, 0) is 14.8 Å². The first kappa shape index (κ1) is 17.7. The Balaban J connectivity index is 2.51. The van der Waals surface area contributed by atoms with Gasteiger partial charge in [-0.15, -0.1) is 0 Å². The van der Waals surface area contributed by atoms with E-state index in [9.17, 15) is 18.0 Å². The summed E-state index contributed by atoms with van der Waals surface area (Å²) in [7, 11) is -3.37. The molecule has 9 heteroatoms. The summed E-state index contributed by atoms with van der Waals surface area (Å²) in [4.78, 5) is 24.4. The molecule has 0 bridgehead atoms. The van der Waals surface area contributed by atoms with E-state index in [0.29, 0.717) is 19.4 Å². The first-order chi connectivity index (χ1) is 9.50. The second-order valence-electron chi connectivity index (χ2n) is 6.04. The highest BCUT2D eigenvalue weighted by molar-refractivity contribution is 7.88. The summed E-state index contributed by atoms with van der Waals surface area (Å²) in [5.41, 5.74) is -0.814. The monoisotopic (exact) mass is 321 g/mol. The standard InChI is InChI=1S/C12H23N3O5S/c1-12(2,14-21(3,19)20)8-13-11(18)15-6-4-5-9(7-15)10(16)17/h9,14H,4-8H2,1-3H3,(H,13,18)(H,16,17). The predicted octanol–water partition coefficient (Wildman–Crippen LogP) is -0.180. The normalized spacial score (nSPS) is 20.1. The van der Waals surface area contributed by atoms with Crippen LogP contribution in [0, 0.1) is 5.92 Å². The van der Waals surface area contributed by atoms with Crippen LogP contribution in [0.25, 0.3) is 0 Å². The molecule has 0 saturated carbocycles. The van der Waals surface area contributed by atoms with Crippen LogP contribution in [0.15, 0.2) is 0 Å². The number of nitrogens with one attached hydrogen (secondary N) is 2. The average molecular weight is 321 g/mol. The Morgan fingerprint density at radius 1 is 1.38 bits per heavy atom. The fraction of sp³-hybridized carbons (Fsp3) is 0.833. The van der Waals surface area contributed by atoms with Crippen LogP contribution in [0.3, 0.4) is 0 Å². The number of carboxylic acid groups (broad SMARTS) is 1. The molecule has 1 rings (SSSR count). The van der Waals surface area contributed by atoms with Gasteiger partial charge in [-0.1, -0.05) is 0 Å². The van der Waals surface area contributed by atoms with Crippen molar-refractivity contribution in [3.05, 3.63) is 0 Å². The Bertz CT molecular complexity index is 503.